The van der Waals surface area contributed by atoms with Gasteiger partial charge in [0.25, 0.3) is 0 Å². The van der Waals surface area contributed by atoms with Crippen molar-refractivity contribution in [2.45, 2.75) is 54.6 Å². The Morgan fingerprint density at radius 1 is 0.788 bits per heavy atom. The van der Waals surface area contributed by atoms with Crippen molar-refractivity contribution < 1.29 is 4.42 Å². The lowest BCUT2D eigenvalue weighted by Crippen LogP contribution is -2.50. The Hall–Kier alpha value is -3.20. The zero-order chi connectivity index (χ0) is 23.5. The van der Waals surface area contributed by atoms with Crippen LogP contribution in [0.4, 0.5) is 11.4 Å². The van der Waals surface area contributed by atoms with Crippen LogP contribution in [0.15, 0.2) is 82.5 Å². The third-order valence-electron chi connectivity index (χ3n) is 6.79. The Bertz CT molecular complexity index is 1350. The lowest BCUT2D eigenvalue weighted by atomic mass is 9.89. The van der Waals surface area contributed by atoms with E-state index in [-0.39, 0.29) is 11.6 Å². The smallest absolute Gasteiger partial charge is 0.135 e. The first kappa shape index (κ1) is 21.6. The maximum atomic E-state index is 6.18. The zero-order valence-corrected chi connectivity index (χ0v) is 20.8. The van der Waals surface area contributed by atoms with Gasteiger partial charge in [0.05, 0.1) is 0 Å². The number of nitrogens with zero attached hydrogens (tertiary/aromatic N) is 2. The quantitative estimate of drug-likeness (QED) is 0.320. The molecule has 5 rings (SSSR count). The van der Waals surface area contributed by atoms with Gasteiger partial charge < -0.3 is 14.2 Å². The van der Waals surface area contributed by atoms with Gasteiger partial charge in [-0.2, -0.15) is 0 Å². The minimum absolute atomic E-state index is 0.00754. The van der Waals surface area contributed by atoms with E-state index in [1.807, 2.05) is 6.07 Å². The van der Waals surface area contributed by atoms with Gasteiger partial charge in [-0.25, -0.2) is 0 Å². The molecule has 2 heterocycles. The number of furan rings is 1. The molecule has 1 atom stereocenters. The number of benzene rings is 3. The summed E-state index contributed by atoms with van der Waals surface area (Å²) in [7, 11) is 0. The summed E-state index contributed by atoms with van der Waals surface area (Å²) in [4.78, 5) is 5.13. The minimum Gasteiger partial charge on any atom is -0.456 e. The molecule has 0 saturated heterocycles. The standard InChI is InChI=1S/C30H34N2O/c1-19(2)28-21(4)31(29(30(5,6)7)32(28)22-13-9-8-10-14-22)25-18-24-23-15-11-12-16-26(23)33-27(24)17-20(25)3/h8-19,29H,1-7H3. The molecule has 0 bridgehead atoms. The molecule has 0 fully saturated rings. The summed E-state index contributed by atoms with van der Waals surface area (Å²) in [6, 6.07) is 23.7. The van der Waals surface area contributed by atoms with E-state index >= 15 is 0 Å². The van der Waals surface area contributed by atoms with Crippen LogP contribution in [0.25, 0.3) is 21.9 Å². The van der Waals surface area contributed by atoms with E-state index in [9.17, 15) is 0 Å². The highest BCUT2D eigenvalue weighted by molar-refractivity contribution is 6.06. The molecule has 0 aliphatic carbocycles. The van der Waals surface area contributed by atoms with Gasteiger partial charge in [0.15, 0.2) is 0 Å². The SMILES string of the molecule is CC1=C(C(C)C)N(c2ccccc2)C(C(C)(C)C)N1c1cc2c(cc1C)oc1ccccc12. The number of allylic oxidation sites excluding steroid dienone is 2. The second-order valence-corrected chi connectivity index (χ2v) is 10.7. The van der Waals surface area contributed by atoms with Crippen LogP contribution in [-0.4, -0.2) is 6.17 Å². The number of aryl methyl sites for hydroxylation is 1. The average molecular weight is 439 g/mol. The maximum Gasteiger partial charge on any atom is 0.135 e. The van der Waals surface area contributed by atoms with Gasteiger partial charge in [0.2, 0.25) is 0 Å². The Morgan fingerprint density at radius 3 is 2.12 bits per heavy atom. The predicted molar refractivity (Wildman–Crippen MR) is 141 cm³/mol. The van der Waals surface area contributed by atoms with Crippen molar-refractivity contribution in [2.24, 2.45) is 11.3 Å². The van der Waals surface area contributed by atoms with E-state index in [1.165, 1.54) is 39.1 Å². The van der Waals surface area contributed by atoms with E-state index in [0.717, 1.165) is 11.2 Å². The largest absolute Gasteiger partial charge is 0.456 e. The molecule has 1 aromatic heterocycles. The van der Waals surface area contributed by atoms with Crippen molar-refractivity contribution in [1.82, 2.24) is 0 Å². The molecule has 0 spiro atoms. The van der Waals surface area contributed by atoms with E-state index in [4.69, 9.17) is 4.42 Å². The van der Waals surface area contributed by atoms with Gasteiger partial charge in [-0.15, -0.1) is 0 Å². The van der Waals surface area contributed by atoms with Crippen molar-refractivity contribution in [3.05, 3.63) is 83.7 Å². The van der Waals surface area contributed by atoms with Crippen LogP contribution in [0.1, 0.15) is 47.1 Å². The third kappa shape index (κ3) is 3.42. The van der Waals surface area contributed by atoms with Crippen LogP contribution in [0.3, 0.4) is 0 Å². The molecule has 1 aliphatic rings. The van der Waals surface area contributed by atoms with Crippen molar-refractivity contribution in [3.63, 3.8) is 0 Å². The molecule has 3 heteroatoms. The van der Waals surface area contributed by atoms with Crippen LogP contribution >= 0.6 is 0 Å². The average Bonchev–Trinajstić information content (AvgIpc) is 3.28. The Labute approximate surface area is 197 Å². The van der Waals surface area contributed by atoms with Gasteiger partial charge in [-0.1, -0.05) is 71.0 Å². The highest BCUT2D eigenvalue weighted by Gasteiger charge is 2.45. The Balaban J connectivity index is 1.77. The number of hydrogen-bond donors (Lipinski definition) is 0. The highest BCUT2D eigenvalue weighted by atomic mass is 16.3. The van der Waals surface area contributed by atoms with Crippen molar-refractivity contribution >= 4 is 33.3 Å². The van der Waals surface area contributed by atoms with Gasteiger partial charge >= 0.3 is 0 Å². The number of fused-ring (bicyclic) bond motifs is 3. The molecule has 0 radical (unpaired) electrons. The molecule has 3 nitrogen and oxygen atoms in total. The van der Waals surface area contributed by atoms with E-state index in [1.54, 1.807) is 0 Å². The first-order valence-corrected chi connectivity index (χ1v) is 11.9. The molecule has 4 aromatic rings. The van der Waals surface area contributed by atoms with Crippen molar-refractivity contribution in [3.8, 4) is 0 Å². The Kier molecular flexibility index (Phi) is 5.04. The number of rotatable bonds is 3. The normalized spacial score (nSPS) is 17.3. The fourth-order valence-corrected chi connectivity index (χ4v) is 5.50. The zero-order valence-electron chi connectivity index (χ0n) is 20.8. The van der Waals surface area contributed by atoms with E-state index in [2.05, 4.69) is 119 Å². The first-order valence-electron chi connectivity index (χ1n) is 11.9. The number of para-hydroxylation sites is 2. The molecule has 1 unspecified atom stereocenters. The molecular weight excluding hydrogens is 404 g/mol. The summed E-state index contributed by atoms with van der Waals surface area (Å²) in [6.45, 7) is 16.1. The summed E-state index contributed by atoms with van der Waals surface area (Å²) in [5.41, 5.74) is 8.34. The van der Waals surface area contributed by atoms with Gasteiger partial charge in [0, 0.05) is 39.0 Å². The van der Waals surface area contributed by atoms with Gasteiger partial charge in [-0.3, -0.25) is 0 Å². The van der Waals surface area contributed by atoms with Crippen LogP contribution in [-0.2, 0) is 0 Å². The lowest BCUT2D eigenvalue weighted by Gasteiger charge is -2.43. The molecule has 0 N–H and O–H groups in total. The van der Waals surface area contributed by atoms with Crippen LogP contribution in [0.5, 0.6) is 0 Å². The van der Waals surface area contributed by atoms with Crippen LogP contribution in [0.2, 0.25) is 0 Å². The predicted octanol–water partition coefficient (Wildman–Crippen LogP) is 8.48. The van der Waals surface area contributed by atoms with E-state index < -0.39 is 0 Å². The summed E-state index contributed by atoms with van der Waals surface area (Å²) >= 11 is 0. The molecule has 0 saturated carbocycles. The molecule has 0 amide bonds. The number of anilines is 2. The third-order valence-corrected chi connectivity index (χ3v) is 6.79. The van der Waals surface area contributed by atoms with Crippen molar-refractivity contribution in [2.75, 3.05) is 9.80 Å². The fraction of sp³-hybridized carbons (Fsp3) is 0.333. The molecule has 170 valence electrons. The molecular formula is C30H34N2O. The summed E-state index contributed by atoms with van der Waals surface area (Å²) in [5, 5.41) is 2.35. The maximum absolute atomic E-state index is 6.18. The van der Waals surface area contributed by atoms with Crippen LogP contribution < -0.4 is 9.80 Å². The van der Waals surface area contributed by atoms with Gasteiger partial charge in [-0.05, 0) is 55.7 Å². The molecule has 33 heavy (non-hydrogen) atoms. The molecule has 1 aliphatic heterocycles. The van der Waals surface area contributed by atoms with Crippen LogP contribution in [0, 0.1) is 18.3 Å². The van der Waals surface area contributed by atoms with Crippen molar-refractivity contribution in [1.29, 1.82) is 0 Å². The lowest BCUT2D eigenvalue weighted by molar-refractivity contribution is 0.320. The minimum atomic E-state index is 0.00754. The summed E-state index contributed by atoms with van der Waals surface area (Å²) < 4.78 is 6.18. The summed E-state index contributed by atoms with van der Waals surface area (Å²) in [6.07, 6.45) is 0.159. The first-order chi connectivity index (χ1) is 15.7. The number of hydrogen-bond acceptors (Lipinski definition) is 3. The second kappa shape index (κ2) is 7.69. The van der Waals surface area contributed by atoms with Gasteiger partial charge in [0.1, 0.15) is 17.3 Å². The topological polar surface area (TPSA) is 19.6 Å². The monoisotopic (exact) mass is 438 g/mol. The van der Waals surface area contributed by atoms with E-state index in [0.29, 0.717) is 5.92 Å². The Morgan fingerprint density at radius 2 is 1.45 bits per heavy atom. The second-order valence-electron chi connectivity index (χ2n) is 10.7. The molecule has 3 aromatic carbocycles. The fourth-order valence-electron chi connectivity index (χ4n) is 5.50. The highest BCUT2D eigenvalue weighted by Crippen LogP contribution is 2.47. The summed E-state index contributed by atoms with van der Waals surface area (Å²) in [5.74, 6) is 0.402.